The van der Waals surface area contributed by atoms with E-state index in [0.717, 1.165) is 13.0 Å². The summed E-state index contributed by atoms with van der Waals surface area (Å²) in [5.41, 5.74) is 2.68. The Bertz CT molecular complexity index is 490. The Labute approximate surface area is 122 Å². The number of hydrogen-bond donors (Lipinski definition) is 1. The number of benzene rings is 1. The van der Waals surface area contributed by atoms with E-state index in [-0.39, 0.29) is 23.5 Å². The largest absolute Gasteiger partial charge is 0.322 e. The lowest BCUT2D eigenvalue weighted by Gasteiger charge is -2.29. The molecule has 0 aliphatic carbocycles. The van der Waals surface area contributed by atoms with Crippen molar-refractivity contribution < 1.29 is 4.79 Å². The van der Waals surface area contributed by atoms with Crippen LogP contribution >= 0.6 is 0 Å². The predicted molar refractivity (Wildman–Crippen MR) is 82.3 cm³/mol. The fourth-order valence-electron chi connectivity index (χ4n) is 2.62. The molecule has 0 spiro atoms. The van der Waals surface area contributed by atoms with Gasteiger partial charge in [-0.1, -0.05) is 45.0 Å². The zero-order valence-electron chi connectivity index (χ0n) is 13.2. The van der Waals surface area contributed by atoms with E-state index < -0.39 is 0 Å². The van der Waals surface area contributed by atoms with Gasteiger partial charge >= 0.3 is 0 Å². The molecular formula is C17H26N2O. The Kier molecular flexibility index (Phi) is 4.19. The molecule has 0 aromatic heterocycles. The van der Waals surface area contributed by atoms with Gasteiger partial charge in [0.1, 0.15) is 6.17 Å². The highest BCUT2D eigenvalue weighted by Crippen LogP contribution is 2.29. The third-order valence-electron chi connectivity index (χ3n) is 3.96. The van der Waals surface area contributed by atoms with Crippen molar-refractivity contribution in [2.75, 3.05) is 6.54 Å². The highest BCUT2D eigenvalue weighted by Gasteiger charge is 2.37. The van der Waals surface area contributed by atoms with Crippen LogP contribution < -0.4 is 5.32 Å². The number of nitrogens with one attached hydrogen (secondary N) is 1. The molecule has 1 aliphatic rings. The van der Waals surface area contributed by atoms with Crippen LogP contribution in [0.3, 0.4) is 0 Å². The molecule has 2 rings (SSSR count). The van der Waals surface area contributed by atoms with Gasteiger partial charge in [-0.25, -0.2) is 0 Å². The number of nitrogens with zero attached hydrogens (tertiary/aromatic N) is 1. The van der Waals surface area contributed by atoms with Gasteiger partial charge in [-0.05, 0) is 36.8 Å². The second kappa shape index (κ2) is 5.57. The zero-order valence-corrected chi connectivity index (χ0v) is 13.2. The monoisotopic (exact) mass is 274 g/mol. The molecule has 2 atom stereocenters. The highest BCUT2D eigenvalue weighted by molar-refractivity contribution is 5.84. The average Bonchev–Trinajstić information content (AvgIpc) is 2.63. The van der Waals surface area contributed by atoms with Crippen molar-refractivity contribution in [3.05, 3.63) is 35.4 Å². The van der Waals surface area contributed by atoms with Gasteiger partial charge in [-0.2, -0.15) is 0 Å². The maximum atomic E-state index is 12.4. The number of hydrogen-bond acceptors (Lipinski definition) is 2. The smallest absolute Gasteiger partial charge is 0.241 e. The first-order valence-corrected chi connectivity index (χ1v) is 7.42. The lowest BCUT2D eigenvalue weighted by atomic mass is 9.92. The van der Waals surface area contributed by atoms with Gasteiger partial charge in [0, 0.05) is 6.54 Å². The molecule has 1 aliphatic heterocycles. The Morgan fingerprint density at radius 1 is 1.25 bits per heavy atom. The van der Waals surface area contributed by atoms with E-state index in [2.05, 4.69) is 45.1 Å². The molecule has 1 aromatic carbocycles. The first kappa shape index (κ1) is 15.0. The summed E-state index contributed by atoms with van der Waals surface area (Å²) < 4.78 is 0. The summed E-state index contributed by atoms with van der Waals surface area (Å²) in [5.74, 6) is 0.211. The van der Waals surface area contributed by atoms with Gasteiger partial charge in [-0.3, -0.25) is 10.1 Å². The minimum Gasteiger partial charge on any atom is -0.322 e. The van der Waals surface area contributed by atoms with Crippen molar-refractivity contribution in [3.63, 3.8) is 0 Å². The molecule has 20 heavy (non-hydrogen) atoms. The predicted octanol–water partition coefficient (Wildman–Crippen LogP) is 3.25. The molecule has 0 bridgehead atoms. The lowest BCUT2D eigenvalue weighted by molar-refractivity contribution is -0.130. The van der Waals surface area contributed by atoms with Gasteiger partial charge in [0.25, 0.3) is 0 Å². The minimum absolute atomic E-state index is 0.0149. The number of aryl methyl sites for hydroxylation is 1. The third-order valence-corrected chi connectivity index (χ3v) is 3.96. The van der Waals surface area contributed by atoms with E-state index in [4.69, 9.17) is 0 Å². The van der Waals surface area contributed by atoms with Crippen LogP contribution in [0.15, 0.2) is 24.3 Å². The third kappa shape index (κ3) is 3.21. The summed E-state index contributed by atoms with van der Waals surface area (Å²) in [6, 6.07) is 8.20. The van der Waals surface area contributed by atoms with E-state index in [1.54, 1.807) is 0 Å². The number of rotatable bonds is 3. The summed E-state index contributed by atoms with van der Waals surface area (Å²) in [5, 5.41) is 3.42. The van der Waals surface area contributed by atoms with Crippen molar-refractivity contribution >= 4 is 5.91 Å². The van der Waals surface area contributed by atoms with E-state index in [0.29, 0.717) is 0 Å². The van der Waals surface area contributed by atoms with Crippen molar-refractivity contribution in [1.82, 2.24) is 10.2 Å². The zero-order chi connectivity index (χ0) is 14.9. The first-order valence-electron chi connectivity index (χ1n) is 7.42. The second-order valence-electron chi connectivity index (χ2n) is 6.99. The topological polar surface area (TPSA) is 32.3 Å². The van der Waals surface area contributed by atoms with Crippen LogP contribution in [-0.2, 0) is 4.79 Å². The van der Waals surface area contributed by atoms with Crippen LogP contribution in [0.1, 0.15) is 51.4 Å². The highest BCUT2D eigenvalue weighted by atomic mass is 16.2. The van der Waals surface area contributed by atoms with E-state index in [9.17, 15) is 4.79 Å². The lowest BCUT2D eigenvalue weighted by Crippen LogP contribution is -2.33. The quantitative estimate of drug-likeness (QED) is 0.917. The molecule has 1 N–H and O–H groups in total. The summed E-state index contributed by atoms with van der Waals surface area (Å²) in [6.45, 7) is 11.5. The van der Waals surface area contributed by atoms with Gasteiger partial charge in [0.05, 0.1) is 6.04 Å². The molecule has 1 amide bonds. The number of carbonyl (C=O) groups excluding carboxylic acids is 1. The Morgan fingerprint density at radius 2 is 1.90 bits per heavy atom. The molecule has 1 aromatic rings. The number of amides is 1. The van der Waals surface area contributed by atoms with Crippen molar-refractivity contribution in [2.24, 2.45) is 5.41 Å². The van der Waals surface area contributed by atoms with Gasteiger partial charge in [0.2, 0.25) is 5.91 Å². The van der Waals surface area contributed by atoms with E-state index in [1.165, 1.54) is 11.1 Å². The molecule has 1 saturated heterocycles. The number of carbonyl (C=O) groups is 1. The summed E-state index contributed by atoms with van der Waals surface area (Å²) >= 11 is 0. The van der Waals surface area contributed by atoms with Gasteiger partial charge in [0.15, 0.2) is 0 Å². The molecule has 3 heteroatoms. The van der Waals surface area contributed by atoms with E-state index in [1.807, 2.05) is 24.0 Å². The Morgan fingerprint density at radius 3 is 2.50 bits per heavy atom. The average molecular weight is 274 g/mol. The second-order valence-corrected chi connectivity index (χ2v) is 6.99. The molecule has 110 valence electrons. The normalized spacial score (nSPS) is 23.4. The standard InChI is InChI=1S/C17H26N2O/c1-12-8-6-7-9-14(12)15-18-13(2)16(20)19(15)11-10-17(3,4)5/h6-9,13,15,18H,10-11H2,1-5H3. The Hall–Kier alpha value is -1.35. The minimum atomic E-state index is -0.0976. The van der Waals surface area contributed by atoms with Crippen LogP contribution in [0.5, 0.6) is 0 Å². The van der Waals surface area contributed by atoms with Crippen molar-refractivity contribution in [2.45, 2.75) is 53.2 Å². The molecule has 2 unspecified atom stereocenters. The summed E-state index contributed by atoms with van der Waals surface area (Å²) in [6.07, 6.45) is 1.02. The summed E-state index contributed by atoms with van der Waals surface area (Å²) in [4.78, 5) is 14.4. The fourth-order valence-corrected chi connectivity index (χ4v) is 2.62. The maximum absolute atomic E-state index is 12.4. The summed E-state index contributed by atoms with van der Waals surface area (Å²) in [7, 11) is 0. The first-order chi connectivity index (χ1) is 9.29. The molecule has 1 heterocycles. The van der Waals surface area contributed by atoms with Crippen LogP contribution in [0, 0.1) is 12.3 Å². The maximum Gasteiger partial charge on any atom is 0.241 e. The molecule has 0 radical (unpaired) electrons. The van der Waals surface area contributed by atoms with Gasteiger partial charge < -0.3 is 4.90 Å². The van der Waals surface area contributed by atoms with Crippen LogP contribution in [0.2, 0.25) is 0 Å². The van der Waals surface area contributed by atoms with Crippen molar-refractivity contribution in [1.29, 1.82) is 0 Å². The fraction of sp³-hybridized carbons (Fsp3) is 0.588. The molecule has 3 nitrogen and oxygen atoms in total. The van der Waals surface area contributed by atoms with Crippen LogP contribution in [0.4, 0.5) is 0 Å². The molecular weight excluding hydrogens is 248 g/mol. The molecule has 1 fully saturated rings. The van der Waals surface area contributed by atoms with Crippen LogP contribution in [-0.4, -0.2) is 23.4 Å². The van der Waals surface area contributed by atoms with Crippen molar-refractivity contribution in [3.8, 4) is 0 Å². The SMILES string of the molecule is Cc1ccccc1C1NC(C)C(=O)N1CCC(C)(C)C. The van der Waals surface area contributed by atoms with Gasteiger partial charge in [-0.15, -0.1) is 0 Å². The van der Waals surface area contributed by atoms with E-state index >= 15 is 0 Å². The Balaban J connectivity index is 2.22. The molecule has 0 saturated carbocycles. The van der Waals surface area contributed by atoms with Crippen LogP contribution in [0.25, 0.3) is 0 Å².